The number of hydrogen-bond acceptors (Lipinski definition) is 4. The molecule has 0 bridgehead atoms. The highest BCUT2D eigenvalue weighted by Gasteiger charge is 2.18. The molecule has 0 saturated carbocycles. The zero-order valence-electron chi connectivity index (χ0n) is 12.5. The molecule has 0 atom stereocenters. The van der Waals surface area contributed by atoms with E-state index in [1.807, 2.05) is 12.1 Å². The van der Waals surface area contributed by atoms with Gasteiger partial charge in [0, 0.05) is 19.2 Å². The lowest BCUT2D eigenvalue weighted by atomic mass is 10.1. The molecule has 0 radical (unpaired) electrons. The molecule has 1 aromatic rings. The minimum absolute atomic E-state index is 0.0848. The second-order valence-corrected chi connectivity index (χ2v) is 4.41. The molecule has 5 heteroatoms. The fourth-order valence-corrected chi connectivity index (χ4v) is 1.83. The fraction of sp³-hybridized carbons (Fsp3) is 0.375. The van der Waals surface area contributed by atoms with E-state index in [4.69, 9.17) is 9.47 Å². The number of hydrogen-bond donors (Lipinski definition) is 0. The van der Waals surface area contributed by atoms with Crippen molar-refractivity contribution in [2.45, 2.75) is 13.5 Å². The van der Waals surface area contributed by atoms with E-state index < -0.39 is 5.97 Å². The average molecular weight is 291 g/mol. The topological polar surface area (TPSA) is 55.8 Å². The van der Waals surface area contributed by atoms with Crippen molar-refractivity contribution in [2.75, 3.05) is 26.8 Å². The molecule has 0 unspecified atom stereocenters. The lowest BCUT2D eigenvalue weighted by Crippen LogP contribution is -2.36. The van der Waals surface area contributed by atoms with Crippen LogP contribution in [0, 0.1) is 0 Å². The molecule has 114 valence electrons. The Hall–Kier alpha value is -2.14. The third-order valence-electron chi connectivity index (χ3n) is 2.77. The third-order valence-corrected chi connectivity index (χ3v) is 2.77. The number of methoxy groups -OCH3 is 1. The number of rotatable bonds is 8. The van der Waals surface area contributed by atoms with Gasteiger partial charge in [-0.3, -0.25) is 9.59 Å². The van der Waals surface area contributed by atoms with E-state index in [-0.39, 0.29) is 19.0 Å². The van der Waals surface area contributed by atoms with Gasteiger partial charge in [0.1, 0.15) is 6.54 Å². The number of nitrogens with zero attached hydrogens (tertiary/aromatic N) is 1. The molecule has 0 aliphatic heterocycles. The number of amides is 1. The first-order valence-electron chi connectivity index (χ1n) is 6.76. The van der Waals surface area contributed by atoms with E-state index >= 15 is 0 Å². The van der Waals surface area contributed by atoms with Crippen LogP contribution in [0.15, 0.2) is 36.9 Å². The lowest BCUT2D eigenvalue weighted by molar-refractivity contribution is -0.143. The van der Waals surface area contributed by atoms with Crippen LogP contribution in [0.5, 0.6) is 0 Å². The van der Waals surface area contributed by atoms with Gasteiger partial charge in [0.25, 0.3) is 5.91 Å². The SMILES string of the molecule is C=CCN(CC(=O)OCC)C(=O)c1ccc(COC)cc1. The molecule has 1 aromatic carbocycles. The number of carbonyl (C=O) groups is 2. The predicted molar refractivity (Wildman–Crippen MR) is 79.9 cm³/mol. The molecular formula is C16H21NO4. The molecule has 1 rings (SSSR count). The van der Waals surface area contributed by atoms with Crippen LogP contribution in [0.2, 0.25) is 0 Å². The first-order valence-corrected chi connectivity index (χ1v) is 6.76. The summed E-state index contributed by atoms with van der Waals surface area (Å²) in [6.07, 6.45) is 1.58. The summed E-state index contributed by atoms with van der Waals surface area (Å²) >= 11 is 0. The highest BCUT2D eigenvalue weighted by Crippen LogP contribution is 2.09. The van der Waals surface area contributed by atoms with Crippen molar-refractivity contribution in [2.24, 2.45) is 0 Å². The molecule has 0 aliphatic rings. The Morgan fingerprint density at radius 3 is 2.48 bits per heavy atom. The highest BCUT2D eigenvalue weighted by atomic mass is 16.5. The maximum Gasteiger partial charge on any atom is 0.325 e. The van der Waals surface area contributed by atoms with Gasteiger partial charge in [-0.1, -0.05) is 18.2 Å². The average Bonchev–Trinajstić information content (AvgIpc) is 2.47. The van der Waals surface area contributed by atoms with E-state index in [0.717, 1.165) is 5.56 Å². The summed E-state index contributed by atoms with van der Waals surface area (Å²) in [6, 6.07) is 7.09. The quantitative estimate of drug-likeness (QED) is 0.543. The smallest absolute Gasteiger partial charge is 0.325 e. The molecule has 0 N–H and O–H groups in total. The Morgan fingerprint density at radius 2 is 1.95 bits per heavy atom. The van der Waals surface area contributed by atoms with Gasteiger partial charge in [-0.05, 0) is 24.6 Å². The summed E-state index contributed by atoms with van der Waals surface area (Å²) in [4.78, 5) is 25.3. The summed E-state index contributed by atoms with van der Waals surface area (Å²) in [5.41, 5.74) is 1.50. The molecule has 1 amide bonds. The summed E-state index contributed by atoms with van der Waals surface area (Å²) in [5, 5.41) is 0. The highest BCUT2D eigenvalue weighted by molar-refractivity contribution is 5.96. The van der Waals surface area contributed by atoms with Crippen LogP contribution >= 0.6 is 0 Å². The maximum atomic E-state index is 12.4. The van der Waals surface area contributed by atoms with E-state index in [0.29, 0.717) is 18.8 Å². The van der Waals surface area contributed by atoms with E-state index in [1.165, 1.54) is 4.90 Å². The number of esters is 1. The lowest BCUT2D eigenvalue weighted by Gasteiger charge is -2.20. The van der Waals surface area contributed by atoms with Crippen LogP contribution in [-0.2, 0) is 20.9 Å². The molecule has 21 heavy (non-hydrogen) atoms. The van der Waals surface area contributed by atoms with Gasteiger partial charge in [-0.25, -0.2) is 0 Å². The van der Waals surface area contributed by atoms with Crippen molar-refractivity contribution in [3.63, 3.8) is 0 Å². The third kappa shape index (κ3) is 5.39. The molecule has 0 heterocycles. The predicted octanol–water partition coefficient (Wildman–Crippen LogP) is 2.02. The van der Waals surface area contributed by atoms with Crippen molar-refractivity contribution in [3.05, 3.63) is 48.0 Å². The van der Waals surface area contributed by atoms with Gasteiger partial charge in [0.15, 0.2) is 0 Å². The standard InChI is InChI=1S/C16H21NO4/c1-4-10-17(11-15(18)21-5-2)16(19)14-8-6-13(7-9-14)12-20-3/h4,6-9H,1,5,10-12H2,2-3H3. The van der Waals surface area contributed by atoms with Gasteiger partial charge in [-0.2, -0.15) is 0 Å². The molecule has 0 aliphatic carbocycles. The van der Waals surface area contributed by atoms with Gasteiger partial charge >= 0.3 is 5.97 Å². The molecule has 5 nitrogen and oxygen atoms in total. The second kappa shape index (κ2) is 8.92. The largest absolute Gasteiger partial charge is 0.465 e. The van der Waals surface area contributed by atoms with E-state index in [9.17, 15) is 9.59 Å². The van der Waals surface area contributed by atoms with Gasteiger partial charge in [0.2, 0.25) is 0 Å². The van der Waals surface area contributed by atoms with E-state index in [2.05, 4.69) is 6.58 Å². The monoisotopic (exact) mass is 291 g/mol. The molecule has 0 spiro atoms. The minimum Gasteiger partial charge on any atom is -0.465 e. The Morgan fingerprint density at radius 1 is 1.29 bits per heavy atom. The Bertz CT molecular complexity index is 482. The molecule has 0 fully saturated rings. The van der Waals surface area contributed by atoms with Crippen molar-refractivity contribution < 1.29 is 19.1 Å². The normalized spacial score (nSPS) is 10.0. The second-order valence-electron chi connectivity index (χ2n) is 4.41. The summed E-state index contributed by atoms with van der Waals surface area (Å²) in [5.74, 6) is -0.657. The van der Waals surface area contributed by atoms with Crippen LogP contribution in [-0.4, -0.2) is 43.6 Å². The first-order chi connectivity index (χ1) is 10.1. The van der Waals surface area contributed by atoms with Crippen LogP contribution in [0.25, 0.3) is 0 Å². The number of ether oxygens (including phenoxy) is 2. The first kappa shape index (κ1) is 16.9. The van der Waals surface area contributed by atoms with Gasteiger partial charge in [0.05, 0.1) is 13.2 Å². The zero-order valence-corrected chi connectivity index (χ0v) is 12.5. The maximum absolute atomic E-state index is 12.4. The van der Waals surface area contributed by atoms with Crippen LogP contribution < -0.4 is 0 Å². The summed E-state index contributed by atoms with van der Waals surface area (Å²) in [6.45, 7) is 6.32. The van der Waals surface area contributed by atoms with Crippen molar-refractivity contribution in [3.8, 4) is 0 Å². The van der Waals surface area contributed by atoms with Crippen LogP contribution in [0.3, 0.4) is 0 Å². The van der Waals surface area contributed by atoms with Crippen LogP contribution in [0.4, 0.5) is 0 Å². The Balaban J connectivity index is 2.79. The fourth-order valence-electron chi connectivity index (χ4n) is 1.83. The Kier molecular flexibility index (Phi) is 7.18. The van der Waals surface area contributed by atoms with Crippen molar-refractivity contribution >= 4 is 11.9 Å². The summed E-state index contributed by atoms with van der Waals surface area (Å²) < 4.78 is 9.90. The molecule has 0 saturated heterocycles. The molecule has 0 aromatic heterocycles. The molecular weight excluding hydrogens is 270 g/mol. The number of carbonyl (C=O) groups excluding carboxylic acids is 2. The van der Waals surface area contributed by atoms with Crippen LogP contribution in [0.1, 0.15) is 22.8 Å². The van der Waals surface area contributed by atoms with Crippen molar-refractivity contribution in [1.82, 2.24) is 4.90 Å². The van der Waals surface area contributed by atoms with E-state index in [1.54, 1.807) is 32.2 Å². The zero-order chi connectivity index (χ0) is 15.7. The van der Waals surface area contributed by atoms with Gasteiger partial charge < -0.3 is 14.4 Å². The van der Waals surface area contributed by atoms with Crippen molar-refractivity contribution in [1.29, 1.82) is 0 Å². The number of benzene rings is 1. The minimum atomic E-state index is -0.427. The summed E-state index contributed by atoms with van der Waals surface area (Å²) in [7, 11) is 1.62. The Labute approximate surface area is 125 Å². The van der Waals surface area contributed by atoms with Gasteiger partial charge in [-0.15, -0.1) is 6.58 Å².